The molecule has 100 valence electrons. The Morgan fingerprint density at radius 1 is 1.33 bits per heavy atom. The van der Waals surface area contributed by atoms with Crippen LogP contribution in [-0.2, 0) is 6.42 Å². The molecule has 5 heteroatoms. The Bertz CT molecular complexity index is 390. The van der Waals surface area contributed by atoms with Crippen molar-refractivity contribution in [3.05, 3.63) is 35.4 Å². The number of hydrogen-bond acceptors (Lipinski definition) is 2. The van der Waals surface area contributed by atoms with Gasteiger partial charge in [-0.15, -0.1) is 0 Å². The van der Waals surface area contributed by atoms with Crippen LogP contribution >= 0.6 is 0 Å². The van der Waals surface area contributed by atoms with Crippen LogP contribution in [0.15, 0.2) is 24.3 Å². The minimum Gasteiger partial charge on any atom is -0.346 e. The molecular weight excluding hydrogens is 238 g/mol. The predicted molar refractivity (Wildman–Crippen MR) is 66.8 cm³/mol. The molecule has 0 atom stereocenters. The summed E-state index contributed by atoms with van der Waals surface area (Å²) in [5.74, 6) is -3.57. The van der Waals surface area contributed by atoms with Gasteiger partial charge in [0.15, 0.2) is 0 Å². The molecule has 0 heterocycles. The van der Waals surface area contributed by atoms with E-state index < -0.39 is 24.9 Å². The molecule has 1 aromatic carbocycles. The maximum Gasteiger partial charge on any atom is 0.277 e. The Morgan fingerprint density at radius 3 is 2.44 bits per heavy atom. The zero-order chi connectivity index (χ0) is 13.6. The summed E-state index contributed by atoms with van der Waals surface area (Å²) >= 11 is 0. The van der Waals surface area contributed by atoms with E-state index in [0.29, 0.717) is 5.56 Å². The van der Waals surface area contributed by atoms with Crippen LogP contribution in [0.1, 0.15) is 29.3 Å². The minimum absolute atomic E-state index is 0.377. The van der Waals surface area contributed by atoms with Crippen molar-refractivity contribution < 1.29 is 13.6 Å². The van der Waals surface area contributed by atoms with Gasteiger partial charge in [-0.1, -0.05) is 25.5 Å². The first-order chi connectivity index (χ1) is 8.48. The van der Waals surface area contributed by atoms with Crippen LogP contribution in [0.5, 0.6) is 0 Å². The fourth-order valence-electron chi connectivity index (χ4n) is 1.50. The molecule has 18 heavy (non-hydrogen) atoms. The van der Waals surface area contributed by atoms with Gasteiger partial charge in [0.25, 0.3) is 11.8 Å². The molecule has 0 spiro atoms. The molecule has 1 aromatic rings. The van der Waals surface area contributed by atoms with Crippen molar-refractivity contribution in [2.45, 2.75) is 25.7 Å². The standard InChI is InChI=1S/C13H18F2N2O/c1-2-3-10-4-6-11(7-5-10)12(18)17-9-13(14,15)8-16/h4-7H,2-3,8-9,16H2,1H3,(H,17,18). The first-order valence-electron chi connectivity index (χ1n) is 5.93. The smallest absolute Gasteiger partial charge is 0.277 e. The van der Waals surface area contributed by atoms with Crippen molar-refractivity contribution in [1.29, 1.82) is 0 Å². The fourth-order valence-corrected chi connectivity index (χ4v) is 1.50. The molecule has 1 amide bonds. The number of carbonyl (C=O) groups excluding carboxylic acids is 1. The van der Waals surface area contributed by atoms with E-state index in [1.54, 1.807) is 12.1 Å². The van der Waals surface area contributed by atoms with Gasteiger partial charge in [0.2, 0.25) is 0 Å². The number of nitrogens with two attached hydrogens (primary N) is 1. The topological polar surface area (TPSA) is 55.1 Å². The van der Waals surface area contributed by atoms with E-state index >= 15 is 0 Å². The van der Waals surface area contributed by atoms with E-state index in [0.717, 1.165) is 18.4 Å². The maximum atomic E-state index is 12.9. The predicted octanol–water partition coefficient (Wildman–Crippen LogP) is 1.96. The maximum absolute atomic E-state index is 12.9. The van der Waals surface area contributed by atoms with E-state index in [-0.39, 0.29) is 0 Å². The summed E-state index contributed by atoms with van der Waals surface area (Å²) in [6.07, 6.45) is 1.96. The third-order valence-corrected chi connectivity index (χ3v) is 2.56. The fraction of sp³-hybridized carbons (Fsp3) is 0.462. The third-order valence-electron chi connectivity index (χ3n) is 2.56. The largest absolute Gasteiger partial charge is 0.346 e. The number of halogens is 2. The Kier molecular flexibility index (Phi) is 5.22. The number of alkyl halides is 2. The van der Waals surface area contributed by atoms with Crippen LogP contribution in [0.3, 0.4) is 0 Å². The number of carbonyl (C=O) groups is 1. The van der Waals surface area contributed by atoms with Gasteiger partial charge in [-0.05, 0) is 24.1 Å². The number of benzene rings is 1. The summed E-state index contributed by atoms with van der Waals surface area (Å²) in [7, 11) is 0. The van der Waals surface area contributed by atoms with Crippen molar-refractivity contribution >= 4 is 5.91 Å². The normalized spacial score (nSPS) is 11.3. The number of rotatable bonds is 6. The summed E-state index contributed by atoms with van der Waals surface area (Å²) in [4.78, 5) is 11.6. The zero-order valence-corrected chi connectivity index (χ0v) is 10.4. The first-order valence-corrected chi connectivity index (χ1v) is 5.93. The Morgan fingerprint density at radius 2 is 1.94 bits per heavy atom. The highest BCUT2D eigenvalue weighted by molar-refractivity contribution is 5.94. The SMILES string of the molecule is CCCc1ccc(C(=O)NCC(F)(F)CN)cc1. The lowest BCUT2D eigenvalue weighted by molar-refractivity contribution is 0.0118. The second-order valence-electron chi connectivity index (χ2n) is 4.19. The monoisotopic (exact) mass is 256 g/mol. The molecule has 0 saturated heterocycles. The average Bonchev–Trinajstić information content (AvgIpc) is 2.37. The highest BCUT2D eigenvalue weighted by Gasteiger charge is 2.27. The molecule has 0 bridgehead atoms. The molecule has 0 aliphatic carbocycles. The molecule has 1 rings (SSSR count). The summed E-state index contributed by atoms with van der Waals surface area (Å²) in [6.45, 7) is 0.553. The summed E-state index contributed by atoms with van der Waals surface area (Å²) in [5.41, 5.74) is 6.39. The zero-order valence-electron chi connectivity index (χ0n) is 10.4. The van der Waals surface area contributed by atoms with Gasteiger partial charge in [0.05, 0.1) is 13.1 Å². The van der Waals surface area contributed by atoms with E-state index in [1.807, 2.05) is 12.1 Å². The molecule has 0 radical (unpaired) electrons. The van der Waals surface area contributed by atoms with Crippen molar-refractivity contribution in [2.75, 3.05) is 13.1 Å². The van der Waals surface area contributed by atoms with Gasteiger partial charge >= 0.3 is 0 Å². The second-order valence-corrected chi connectivity index (χ2v) is 4.19. The van der Waals surface area contributed by atoms with Crippen LogP contribution < -0.4 is 11.1 Å². The Hall–Kier alpha value is -1.49. The number of amides is 1. The van der Waals surface area contributed by atoms with Gasteiger partial charge in [-0.3, -0.25) is 4.79 Å². The second kappa shape index (κ2) is 6.44. The molecule has 0 fully saturated rings. The van der Waals surface area contributed by atoms with Crippen LogP contribution in [0, 0.1) is 0 Å². The van der Waals surface area contributed by atoms with E-state index in [2.05, 4.69) is 12.2 Å². The minimum atomic E-state index is -3.06. The Labute approximate surface area is 105 Å². The van der Waals surface area contributed by atoms with Crippen LogP contribution in [-0.4, -0.2) is 24.9 Å². The average molecular weight is 256 g/mol. The summed E-state index contributed by atoms with van der Waals surface area (Å²) in [6, 6.07) is 6.95. The molecule has 0 aliphatic rings. The lowest BCUT2D eigenvalue weighted by Crippen LogP contribution is -2.41. The van der Waals surface area contributed by atoms with Gasteiger partial charge in [0.1, 0.15) is 0 Å². The van der Waals surface area contributed by atoms with Crippen molar-refractivity contribution in [3.63, 3.8) is 0 Å². The molecule has 3 nitrogen and oxygen atoms in total. The van der Waals surface area contributed by atoms with E-state index in [9.17, 15) is 13.6 Å². The van der Waals surface area contributed by atoms with E-state index in [1.165, 1.54) is 0 Å². The highest BCUT2D eigenvalue weighted by atomic mass is 19.3. The molecular formula is C13H18F2N2O. The van der Waals surface area contributed by atoms with Gasteiger partial charge in [0, 0.05) is 5.56 Å². The van der Waals surface area contributed by atoms with Crippen LogP contribution in [0.2, 0.25) is 0 Å². The lowest BCUT2D eigenvalue weighted by Gasteiger charge is -2.14. The molecule has 3 N–H and O–H groups in total. The first kappa shape index (κ1) is 14.6. The van der Waals surface area contributed by atoms with Crippen LogP contribution in [0.4, 0.5) is 8.78 Å². The number of hydrogen-bond donors (Lipinski definition) is 2. The van der Waals surface area contributed by atoms with Crippen molar-refractivity contribution in [1.82, 2.24) is 5.32 Å². The van der Waals surface area contributed by atoms with Gasteiger partial charge in [-0.2, -0.15) is 0 Å². The third kappa shape index (κ3) is 4.41. The Balaban J connectivity index is 2.56. The number of aryl methyl sites for hydroxylation is 1. The quantitative estimate of drug-likeness (QED) is 0.817. The molecule has 0 aliphatic heterocycles. The van der Waals surface area contributed by atoms with Crippen LogP contribution in [0.25, 0.3) is 0 Å². The number of nitrogens with one attached hydrogen (secondary N) is 1. The highest BCUT2D eigenvalue weighted by Crippen LogP contribution is 2.10. The van der Waals surface area contributed by atoms with E-state index in [4.69, 9.17) is 5.73 Å². The van der Waals surface area contributed by atoms with Crippen molar-refractivity contribution in [3.8, 4) is 0 Å². The lowest BCUT2D eigenvalue weighted by atomic mass is 10.1. The van der Waals surface area contributed by atoms with Gasteiger partial charge < -0.3 is 11.1 Å². The summed E-state index contributed by atoms with van der Waals surface area (Å²) < 4.78 is 25.7. The molecule has 0 saturated carbocycles. The summed E-state index contributed by atoms with van der Waals surface area (Å²) in [5, 5.41) is 2.17. The van der Waals surface area contributed by atoms with Gasteiger partial charge in [-0.25, -0.2) is 8.78 Å². The molecule has 0 aromatic heterocycles. The molecule has 0 unspecified atom stereocenters. The van der Waals surface area contributed by atoms with Crippen molar-refractivity contribution in [2.24, 2.45) is 5.73 Å².